The van der Waals surface area contributed by atoms with Gasteiger partial charge >= 0.3 is 0 Å². The summed E-state index contributed by atoms with van der Waals surface area (Å²) in [5.74, 6) is 0.259. The van der Waals surface area contributed by atoms with Crippen LogP contribution in [0.1, 0.15) is 34.8 Å². The summed E-state index contributed by atoms with van der Waals surface area (Å²) >= 11 is 1.42. The fourth-order valence-corrected chi connectivity index (χ4v) is 7.01. The number of aryl methyl sites for hydroxylation is 3. The van der Waals surface area contributed by atoms with Crippen molar-refractivity contribution >= 4 is 50.3 Å². The first-order valence-electron chi connectivity index (χ1n) is 13.1. The Labute approximate surface area is 245 Å². The fraction of sp³-hybridized carbons (Fsp3) is 0.250. The molecule has 0 spiro atoms. The molecular formula is C28H27N7O5S2. The van der Waals surface area contributed by atoms with Gasteiger partial charge in [-0.25, -0.2) is 22.8 Å². The predicted molar refractivity (Wildman–Crippen MR) is 159 cm³/mol. The fourth-order valence-electron chi connectivity index (χ4n) is 4.84. The molecule has 42 heavy (non-hydrogen) atoms. The van der Waals surface area contributed by atoms with Gasteiger partial charge in [0.25, 0.3) is 15.6 Å². The van der Waals surface area contributed by atoms with Gasteiger partial charge in [0.05, 0.1) is 28.5 Å². The highest BCUT2D eigenvalue weighted by molar-refractivity contribution is 7.99. The van der Waals surface area contributed by atoms with Crippen LogP contribution < -0.4 is 15.6 Å². The van der Waals surface area contributed by atoms with Crippen LogP contribution in [0.15, 0.2) is 68.0 Å². The molecule has 1 aliphatic heterocycles. The van der Waals surface area contributed by atoms with E-state index in [1.54, 1.807) is 23.1 Å². The number of fused-ring (bicyclic) bond motifs is 2. The Morgan fingerprint density at radius 1 is 1.12 bits per heavy atom. The van der Waals surface area contributed by atoms with E-state index in [0.717, 1.165) is 16.8 Å². The lowest BCUT2D eigenvalue weighted by atomic mass is 10.1. The summed E-state index contributed by atoms with van der Waals surface area (Å²) in [7, 11) is -3.91. The van der Waals surface area contributed by atoms with Crippen molar-refractivity contribution in [1.29, 1.82) is 0 Å². The lowest BCUT2D eigenvalue weighted by molar-refractivity contribution is -0.116. The number of amides is 1. The second-order valence-corrected chi connectivity index (χ2v) is 12.9. The highest BCUT2D eigenvalue weighted by Gasteiger charge is 2.30. The molecule has 0 bridgehead atoms. The van der Waals surface area contributed by atoms with Crippen molar-refractivity contribution in [2.75, 3.05) is 15.8 Å². The van der Waals surface area contributed by atoms with Gasteiger partial charge in [0.15, 0.2) is 10.8 Å². The number of carbonyl (C=O) groups is 1. The molecule has 1 atom stereocenters. The van der Waals surface area contributed by atoms with Gasteiger partial charge in [-0.2, -0.15) is 5.10 Å². The molecule has 0 fully saturated rings. The maximum Gasteiger partial charge on any atom is 0.265 e. The second-order valence-electron chi connectivity index (χ2n) is 10.2. The van der Waals surface area contributed by atoms with E-state index in [1.807, 2.05) is 26.0 Å². The van der Waals surface area contributed by atoms with E-state index in [-0.39, 0.29) is 28.7 Å². The Kier molecular flexibility index (Phi) is 6.89. The van der Waals surface area contributed by atoms with Crippen molar-refractivity contribution in [1.82, 2.24) is 24.5 Å². The van der Waals surface area contributed by atoms with Gasteiger partial charge in [0, 0.05) is 23.4 Å². The minimum atomic E-state index is -3.91. The zero-order valence-corrected chi connectivity index (χ0v) is 24.8. The van der Waals surface area contributed by atoms with E-state index in [4.69, 9.17) is 9.51 Å². The van der Waals surface area contributed by atoms with Gasteiger partial charge in [-0.1, -0.05) is 34.6 Å². The molecule has 2 aromatic carbocycles. The molecule has 14 heteroatoms. The van der Waals surface area contributed by atoms with Crippen LogP contribution in [0.4, 0.5) is 11.6 Å². The van der Waals surface area contributed by atoms with E-state index in [9.17, 15) is 18.0 Å². The van der Waals surface area contributed by atoms with Crippen LogP contribution in [0.5, 0.6) is 0 Å². The van der Waals surface area contributed by atoms with Crippen molar-refractivity contribution in [3.63, 3.8) is 0 Å². The molecule has 1 unspecified atom stereocenters. The number of sulfonamides is 1. The average molecular weight is 606 g/mol. The summed E-state index contributed by atoms with van der Waals surface area (Å²) in [4.78, 5) is 31.2. The van der Waals surface area contributed by atoms with Crippen molar-refractivity contribution in [2.45, 2.75) is 50.2 Å². The van der Waals surface area contributed by atoms with Gasteiger partial charge in [-0.3, -0.25) is 14.2 Å². The van der Waals surface area contributed by atoms with Crippen LogP contribution >= 0.6 is 11.8 Å². The third-order valence-corrected chi connectivity index (χ3v) is 9.65. The SMILES string of the molecule is Cc1ccc(-n2ncc3c(=O)n4c(nc32)SCC4CC(=O)Nc2ccc(S(=O)(=O)Nc3onc(C)c3C)cc2)c(C)c1. The highest BCUT2D eigenvalue weighted by atomic mass is 32.2. The number of hydrogen-bond acceptors (Lipinski definition) is 9. The van der Waals surface area contributed by atoms with Crippen LogP contribution in [-0.4, -0.2) is 44.6 Å². The van der Waals surface area contributed by atoms with Crippen LogP contribution in [0.25, 0.3) is 16.7 Å². The topological polar surface area (TPSA) is 154 Å². The number of aromatic nitrogens is 5. The quantitative estimate of drug-likeness (QED) is 0.259. The normalized spacial score (nSPS) is 14.7. The molecule has 0 saturated carbocycles. The highest BCUT2D eigenvalue weighted by Crippen LogP contribution is 2.34. The zero-order valence-electron chi connectivity index (χ0n) is 23.2. The van der Waals surface area contributed by atoms with E-state index in [0.29, 0.717) is 38.9 Å². The Morgan fingerprint density at radius 2 is 1.88 bits per heavy atom. The average Bonchev–Trinajstić information content (AvgIpc) is 3.63. The van der Waals surface area contributed by atoms with Crippen LogP contribution in [0.2, 0.25) is 0 Å². The summed E-state index contributed by atoms with van der Waals surface area (Å²) in [6.07, 6.45) is 1.57. The first-order chi connectivity index (χ1) is 20.0. The lowest BCUT2D eigenvalue weighted by Crippen LogP contribution is -2.27. The molecule has 2 N–H and O–H groups in total. The van der Waals surface area contributed by atoms with E-state index in [2.05, 4.69) is 26.4 Å². The minimum absolute atomic E-state index is 0.00177. The smallest absolute Gasteiger partial charge is 0.265 e. The summed E-state index contributed by atoms with van der Waals surface area (Å²) in [5, 5.41) is 11.9. The lowest BCUT2D eigenvalue weighted by Gasteiger charge is -2.14. The molecule has 1 aliphatic rings. The number of carbonyl (C=O) groups excluding carboxylic acids is 1. The zero-order chi connectivity index (χ0) is 29.8. The summed E-state index contributed by atoms with van der Waals surface area (Å²) in [6.45, 7) is 7.42. The minimum Gasteiger partial charge on any atom is -0.337 e. The molecule has 5 aromatic rings. The summed E-state index contributed by atoms with van der Waals surface area (Å²) in [6, 6.07) is 11.4. The molecule has 12 nitrogen and oxygen atoms in total. The molecule has 3 aromatic heterocycles. The molecular weight excluding hydrogens is 578 g/mol. The van der Waals surface area contributed by atoms with Gasteiger partial charge in [0.1, 0.15) is 5.39 Å². The Morgan fingerprint density at radius 3 is 2.57 bits per heavy atom. The molecule has 1 amide bonds. The van der Waals surface area contributed by atoms with E-state index < -0.39 is 16.1 Å². The maximum absolute atomic E-state index is 13.5. The van der Waals surface area contributed by atoms with E-state index >= 15 is 0 Å². The number of anilines is 2. The molecule has 0 aliphatic carbocycles. The van der Waals surface area contributed by atoms with Gasteiger partial charge in [0.2, 0.25) is 11.8 Å². The van der Waals surface area contributed by atoms with Crippen molar-refractivity contribution in [2.24, 2.45) is 0 Å². The van der Waals surface area contributed by atoms with Gasteiger partial charge in [-0.15, -0.1) is 0 Å². The third kappa shape index (κ3) is 4.96. The second kappa shape index (κ2) is 10.4. The van der Waals surface area contributed by atoms with Gasteiger partial charge < -0.3 is 9.84 Å². The first kappa shape index (κ1) is 27.7. The summed E-state index contributed by atoms with van der Waals surface area (Å²) in [5.41, 5.74) is 4.84. The number of benzene rings is 2. The largest absolute Gasteiger partial charge is 0.337 e. The third-order valence-electron chi connectivity index (χ3n) is 7.20. The monoisotopic (exact) mass is 605 g/mol. The standard InChI is InChI=1S/C28H27N7O5S2/c1-15-5-10-23(16(2)11-15)35-25-22(13-29-35)27(37)34-20(14-41-28(34)31-25)12-24(36)30-19-6-8-21(9-7-19)42(38,39)33-26-17(3)18(4)32-40-26/h5-11,13,20,33H,12,14H2,1-4H3,(H,30,36). The molecule has 6 rings (SSSR count). The number of hydrogen-bond donors (Lipinski definition) is 2. The van der Waals surface area contributed by atoms with Crippen molar-refractivity contribution in [3.8, 4) is 5.69 Å². The number of nitrogens with one attached hydrogen (secondary N) is 2. The van der Waals surface area contributed by atoms with E-state index in [1.165, 1.54) is 42.2 Å². The van der Waals surface area contributed by atoms with Crippen LogP contribution in [0, 0.1) is 27.7 Å². The van der Waals surface area contributed by atoms with Crippen LogP contribution in [0.3, 0.4) is 0 Å². The summed E-state index contributed by atoms with van der Waals surface area (Å²) < 4.78 is 36.2. The maximum atomic E-state index is 13.5. The first-order valence-corrected chi connectivity index (χ1v) is 15.5. The van der Waals surface area contributed by atoms with Gasteiger partial charge in [-0.05, 0) is 63.6 Å². The van der Waals surface area contributed by atoms with Crippen LogP contribution in [-0.2, 0) is 14.8 Å². The Bertz CT molecular complexity index is 2030. The Balaban J connectivity index is 1.17. The molecule has 0 radical (unpaired) electrons. The molecule has 216 valence electrons. The predicted octanol–water partition coefficient (Wildman–Crippen LogP) is 4.28. The molecule has 4 heterocycles. The van der Waals surface area contributed by atoms with Crippen molar-refractivity contribution in [3.05, 3.63) is 81.4 Å². The Hall–Kier alpha value is -4.43. The number of rotatable bonds is 7. The van der Waals surface area contributed by atoms with Crippen molar-refractivity contribution < 1.29 is 17.7 Å². The number of thioether (sulfide) groups is 1. The number of nitrogens with zero attached hydrogens (tertiary/aromatic N) is 5. The molecule has 0 saturated heterocycles.